The molecule has 6 nitrogen and oxygen atoms in total. The number of likely N-dealkylation sites (N-methyl/N-ethyl adjacent to an activating group) is 1. The molecular weight excluding hydrogens is 266 g/mol. The summed E-state index contributed by atoms with van der Waals surface area (Å²) in [5, 5.41) is 6.66. The molecule has 2 aliphatic heterocycles. The smallest absolute Gasteiger partial charge is 0.244 e. The highest BCUT2D eigenvalue weighted by molar-refractivity contribution is 5.86. The minimum absolute atomic E-state index is 0.148. The predicted octanol–water partition coefficient (Wildman–Crippen LogP) is 0.895. The van der Waals surface area contributed by atoms with Crippen molar-refractivity contribution in [3.63, 3.8) is 0 Å². The molecule has 0 aromatic carbocycles. The number of carbonyl (C=O) groups is 1. The molecule has 1 atom stereocenters. The van der Waals surface area contributed by atoms with Gasteiger partial charge in [0, 0.05) is 31.3 Å². The zero-order chi connectivity index (χ0) is 14.8. The molecule has 2 aliphatic rings. The molecule has 2 saturated heterocycles. The molecule has 1 aromatic rings. The molecule has 0 aliphatic carbocycles. The van der Waals surface area contributed by atoms with E-state index in [1.54, 1.807) is 4.90 Å². The Balaban J connectivity index is 1.76. The van der Waals surface area contributed by atoms with Gasteiger partial charge in [0.25, 0.3) is 0 Å². The van der Waals surface area contributed by atoms with Crippen LogP contribution in [0.2, 0.25) is 0 Å². The van der Waals surface area contributed by atoms with E-state index in [1.165, 1.54) is 0 Å². The van der Waals surface area contributed by atoms with Crippen molar-refractivity contribution in [3.8, 4) is 0 Å². The van der Waals surface area contributed by atoms with Crippen molar-refractivity contribution >= 4 is 11.7 Å². The zero-order valence-corrected chi connectivity index (χ0v) is 12.7. The largest absolute Gasteiger partial charge is 0.358 e. The van der Waals surface area contributed by atoms with Crippen LogP contribution in [0.4, 0.5) is 5.82 Å². The van der Waals surface area contributed by atoms with Crippen LogP contribution in [-0.2, 0) is 4.79 Å². The van der Waals surface area contributed by atoms with Crippen LogP contribution < -0.4 is 10.6 Å². The van der Waals surface area contributed by atoms with Gasteiger partial charge in [-0.1, -0.05) is 0 Å². The molecule has 114 valence electrons. The van der Waals surface area contributed by atoms with Crippen LogP contribution in [0.15, 0.2) is 6.07 Å². The molecular formula is C15H23N5O. The normalized spacial score (nSPS) is 23.6. The summed E-state index contributed by atoms with van der Waals surface area (Å²) in [5.74, 6) is 2.20. The lowest BCUT2D eigenvalue weighted by atomic mass is 9.94. The van der Waals surface area contributed by atoms with Crippen LogP contribution in [0, 0.1) is 6.92 Å². The lowest BCUT2D eigenvalue weighted by Crippen LogP contribution is -2.31. The molecule has 0 bridgehead atoms. The summed E-state index contributed by atoms with van der Waals surface area (Å²) in [4.78, 5) is 22.8. The highest BCUT2D eigenvalue weighted by Gasteiger charge is 2.29. The number of hydrogen-bond donors (Lipinski definition) is 2. The van der Waals surface area contributed by atoms with Crippen LogP contribution in [0.25, 0.3) is 0 Å². The van der Waals surface area contributed by atoms with Crippen molar-refractivity contribution < 1.29 is 4.79 Å². The molecule has 0 radical (unpaired) electrons. The van der Waals surface area contributed by atoms with Crippen LogP contribution in [0.5, 0.6) is 0 Å². The second-order valence-corrected chi connectivity index (χ2v) is 5.99. The first-order valence-electron chi connectivity index (χ1n) is 7.71. The number of nitrogens with zero attached hydrogens (tertiary/aromatic N) is 3. The number of rotatable bonds is 3. The molecule has 1 aromatic heterocycles. The summed E-state index contributed by atoms with van der Waals surface area (Å²) in [6.07, 6.45) is 3.06. The molecule has 21 heavy (non-hydrogen) atoms. The number of piperidine rings is 1. The number of hydrogen-bond acceptors (Lipinski definition) is 5. The van der Waals surface area contributed by atoms with Gasteiger partial charge in [-0.15, -0.1) is 0 Å². The van der Waals surface area contributed by atoms with Gasteiger partial charge >= 0.3 is 0 Å². The zero-order valence-electron chi connectivity index (χ0n) is 12.7. The Morgan fingerprint density at radius 1 is 1.29 bits per heavy atom. The Morgan fingerprint density at radius 2 is 2.05 bits per heavy atom. The fourth-order valence-corrected chi connectivity index (χ4v) is 3.13. The molecule has 0 spiro atoms. The van der Waals surface area contributed by atoms with Gasteiger partial charge in [0.05, 0.1) is 0 Å². The third kappa shape index (κ3) is 3.15. The van der Waals surface area contributed by atoms with Crippen molar-refractivity contribution in [1.82, 2.24) is 20.2 Å². The average molecular weight is 289 g/mol. The van der Waals surface area contributed by atoms with Gasteiger partial charge in [-0.2, -0.15) is 0 Å². The Morgan fingerprint density at radius 3 is 2.71 bits per heavy atom. The quantitative estimate of drug-likeness (QED) is 0.865. The van der Waals surface area contributed by atoms with E-state index in [4.69, 9.17) is 0 Å². The fourth-order valence-electron chi connectivity index (χ4n) is 3.13. The predicted molar refractivity (Wildman–Crippen MR) is 81.3 cm³/mol. The maximum absolute atomic E-state index is 12.0. The molecule has 0 unspecified atom stereocenters. The van der Waals surface area contributed by atoms with E-state index in [1.807, 2.05) is 20.0 Å². The number of carbonyl (C=O) groups excluding carboxylic acids is 1. The number of anilines is 1. The van der Waals surface area contributed by atoms with Crippen molar-refractivity contribution in [2.45, 2.75) is 38.1 Å². The second kappa shape index (κ2) is 5.97. The van der Waals surface area contributed by atoms with Crippen LogP contribution in [0.1, 0.15) is 36.7 Å². The van der Waals surface area contributed by atoms with Crippen LogP contribution in [-0.4, -0.2) is 53.5 Å². The van der Waals surface area contributed by atoms with Gasteiger partial charge in [0.15, 0.2) is 0 Å². The Kier molecular flexibility index (Phi) is 4.05. The van der Waals surface area contributed by atoms with Gasteiger partial charge < -0.3 is 15.5 Å². The topological polar surface area (TPSA) is 70.2 Å². The third-order valence-corrected chi connectivity index (χ3v) is 4.36. The van der Waals surface area contributed by atoms with Crippen LogP contribution >= 0.6 is 0 Å². The van der Waals surface area contributed by atoms with Gasteiger partial charge in [-0.3, -0.25) is 4.79 Å². The highest BCUT2D eigenvalue weighted by Crippen LogP contribution is 2.25. The lowest BCUT2D eigenvalue weighted by molar-refractivity contribution is -0.127. The Bertz CT molecular complexity index is 527. The van der Waals surface area contributed by atoms with Gasteiger partial charge in [-0.25, -0.2) is 9.97 Å². The van der Waals surface area contributed by atoms with Crippen LogP contribution in [0.3, 0.4) is 0 Å². The molecule has 0 saturated carbocycles. The first-order valence-corrected chi connectivity index (χ1v) is 7.71. The van der Waals surface area contributed by atoms with E-state index in [0.29, 0.717) is 5.92 Å². The lowest BCUT2D eigenvalue weighted by Gasteiger charge is -2.23. The highest BCUT2D eigenvalue weighted by atomic mass is 16.2. The van der Waals surface area contributed by atoms with E-state index < -0.39 is 0 Å². The molecule has 3 rings (SSSR count). The summed E-state index contributed by atoms with van der Waals surface area (Å²) in [5.41, 5.74) is 1.10. The van der Waals surface area contributed by atoms with Crippen molar-refractivity contribution in [3.05, 3.63) is 17.6 Å². The van der Waals surface area contributed by atoms with Gasteiger partial charge in [0.1, 0.15) is 17.7 Å². The van der Waals surface area contributed by atoms with Gasteiger partial charge in [0.2, 0.25) is 5.91 Å². The van der Waals surface area contributed by atoms with Crippen molar-refractivity contribution in [2.24, 2.45) is 0 Å². The van der Waals surface area contributed by atoms with Gasteiger partial charge in [-0.05, 0) is 39.3 Å². The minimum atomic E-state index is -0.148. The average Bonchev–Trinajstić information content (AvgIpc) is 2.80. The summed E-state index contributed by atoms with van der Waals surface area (Å²) in [6, 6.07) is 1.87. The number of amides is 1. The standard InChI is InChI=1S/C15H23N5O/c1-10-17-13(11-3-6-16-7-4-11)9-14(18-10)19-12-5-8-20(2)15(12)21/h9,11-12,16H,3-8H2,1-2H3,(H,17,18,19)/t12-/m1/s1. The molecule has 2 N–H and O–H groups in total. The second-order valence-electron chi connectivity index (χ2n) is 5.99. The van der Waals surface area contributed by atoms with E-state index in [-0.39, 0.29) is 11.9 Å². The van der Waals surface area contributed by atoms with Crippen molar-refractivity contribution in [2.75, 3.05) is 32.0 Å². The minimum Gasteiger partial charge on any atom is -0.358 e. The maximum atomic E-state index is 12.0. The maximum Gasteiger partial charge on any atom is 0.244 e. The Labute approximate surface area is 125 Å². The van der Waals surface area contributed by atoms with E-state index >= 15 is 0 Å². The number of aromatic nitrogens is 2. The van der Waals surface area contributed by atoms with E-state index in [9.17, 15) is 4.79 Å². The molecule has 3 heterocycles. The van der Waals surface area contributed by atoms with E-state index in [2.05, 4.69) is 20.6 Å². The summed E-state index contributed by atoms with van der Waals surface area (Å²) < 4.78 is 0. The molecule has 2 fully saturated rings. The van der Waals surface area contributed by atoms with Crippen molar-refractivity contribution in [1.29, 1.82) is 0 Å². The first kappa shape index (κ1) is 14.3. The molecule has 6 heteroatoms. The number of likely N-dealkylation sites (tertiary alicyclic amines) is 1. The summed E-state index contributed by atoms with van der Waals surface area (Å²) in [6.45, 7) is 4.81. The summed E-state index contributed by atoms with van der Waals surface area (Å²) in [7, 11) is 1.84. The SMILES string of the molecule is Cc1nc(N[C@@H]2CCN(C)C2=O)cc(C2CCNCC2)n1. The molecule has 1 amide bonds. The number of aryl methyl sites for hydroxylation is 1. The fraction of sp³-hybridized carbons (Fsp3) is 0.667. The van der Waals surface area contributed by atoms with E-state index in [0.717, 1.165) is 56.2 Å². The third-order valence-electron chi connectivity index (χ3n) is 4.36. The monoisotopic (exact) mass is 289 g/mol. The summed E-state index contributed by atoms with van der Waals surface area (Å²) >= 11 is 0. The number of nitrogens with one attached hydrogen (secondary N) is 2. The Hall–Kier alpha value is -1.69. The first-order chi connectivity index (χ1) is 10.1.